The fourth-order valence-electron chi connectivity index (χ4n) is 8.39. The number of fused-ring (bicyclic) bond motifs is 3. The number of hydrogen-bond donors (Lipinski definition) is 0. The average Bonchev–Trinajstić information content (AvgIpc) is 3.74. The van der Waals surface area contributed by atoms with Gasteiger partial charge >= 0.3 is 0 Å². The molecule has 6 aromatic carbocycles. The molecule has 0 spiro atoms. The largest absolute Gasteiger partial charge is 0.0622 e. The molecule has 2 aliphatic carbocycles. The predicted octanol–water partition coefficient (Wildman–Crippen LogP) is 11.3. The van der Waals surface area contributed by atoms with E-state index >= 15 is 0 Å². The van der Waals surface area contributed by atoms with Crippen molar-refractivity contribution >= 4 is 0 Å². The predicted molar refractivity (Wildman–Crippen MR) is 180 cm³/mol. The van der Waals surface area contributed by atoms with Crippen LogP contribution in [-0.4, -0.2) is 0 Å². The number of hydrogen-bond acceptors (Lipinski definition) is 0. The molecule has 0 aromatic heterocycles. The van der Waals surface area contributed by atoms with E-state index < -0.39 is 0 Å². The minimum absolute atomic E-state index is 0.191. The van der Waals surface area contributed by atoms with Crippen molar-refractivity contribution in [3.8, 4) is 33.4 Å². The molecule has 8 rings (SSSR count). The second-order valence-electron chi connectivity index (χ2n) is 12.4. The fraction of sp³-hybridized carbons (Fsp3) is 0.163. The van der Waals surface area contributed by atoms with Crippen molar-refractivity contribution in [3.05, 3.63) is 180 Å². The fourth-order valence-corrected chi connectivity index (χ4v) is 8.39. The Bertz CT molecular complexity index is 1720. The van der Waals surface area contributed by atoms with E-state index in [0.717, 1.165) is 0 Å². The first-order chi connectivity index (χ1) is 21.3. The van der Waals surface area contributed by atoms with Gasteiger partial charge in [-0.15, -0.1) is 0 Å². The van der Waals surface area contributed by atoms with Crippen LogP contribution in [0.3, 0.4) is 0 Å². The average molecular weight is 553 g/mol. The van der Waals surface area contributed by atoms with Crippen molar-refractivity contribution in [3.63, 3.8) is 0 Å². The molecular weight excluding hydrogens is 516 g/mol. The lowest BCUT2D eigenvalue weighted by molar-refractivity contribution is 0.295. The molecule has 0 heteroatoms. The van der Waals surface area contributed by atoms with Crippen LogP contribution in [0.4, 0.5) is 0 Å². The Hall–Kier alpha value is -4.68. The standard InChI is InChI=1S/C43H36/c1-5-15-31(16-6-1)33-25-27-38-39-28-26-34(32-17-7-2-8-18-32)30-41(39)42(40(38)29-33)43(37-23-13-14-24-37,35-19-9-3-10-20-35)36-21-11-4-12-22-36/h1-12,15-22,25-30,37,42H,13-14,23-24H2. The van der Waals surface area contributed by atoms with Gasteiger partial charge in [0, 0.05) is 11.3 Å². The Morgan fingerprint density at radius 2 is 0.791 bits per heavy atom. The van der Waals surface area contributed by atoms with E-state index in [-0.39, 0.29) is 11.3 Å². The molecule has 0 saturated heterocycles. The van der Waals surface area contributed by atoms with Crippen molar-refractivity contribution in [1.82, 2.24) is 0 Å². The summed E-state index contributed by atoms with van der Waals surface area (Å²) in [6, 6.07) is 59.2. The molecule has 0 N–H and O–H groups in total. The third-order valence-electron chi connectivity index (χ3n) is 10.2. The normalized spacial score (nSPS) is 14.9. The van der Waals surface area contributed by atoms with Crippen LogP contribution in [0.25, 0.3) is 33.4 Å². The topological polar surface area (TPSA) is 0 Å². The molecule has 0 heterocycles. The number of benzene rings is 6. The summed E-state index contributed by atoms with van der Waals surface area (Å²) in [4.78, 5) is 0. The van der Waals surface area contributed by atoms with Gasteiger partial charge in [-0.1, -0.05) is 158 Å². The van der Waals surface area contributed by atoms with Crippen molar-refractivity contribution in [2.24, 2.45) is 5.92 Å². The van der Waals surface area contributed by atoms with Crippen molar-refractivity contribution in [1.29, 1.82) is 0 Å². The Balaban J connectivity index is 1.46. The van der Waals surface area contributed by atoms with E-state index in [0.29, 0.717) is 5.92 Å². The maximum atomic E-state index is 2.52. The van der Waals surface area contributed by atoms with Crippen molar-refractivity contribution in [2.45, 2.75) is 37.0 Å². The summed E-state index contributed by atoms with van der Waals surface area (Å²) in [5.41, 5.74) is 13.5. The molecule has 0 amide bonds. The highest BCUT2D eigenvalue weighted by Crippen LogP contribution is 2.62. The van der Waals surface area contributed by atoms with Gasteiger partial charge in [0.1, 0.15) is 0 Å². The van der Waals surface area contributed by atoms with E-state index in [2.05, 4.69) is 158 Å². The van der Waals surface area contributed by atoms with E-state index in [1.54, 1.807) is 0 Å². The summed E-state index contributed by atoms with van der Waals surface area (Å²) in [6.07, 6.45) is 5.10. The molecular formula is C43H36. The summed E-state index contributed by atoms with van der Waals surface area (Å²) in [7, 11) is 0. The maximum absolute atomic E-state index is 2.52. The van der Waals surface area contributed by atoms with Crippen LogP contribution in [0.5, 0.6) is 0 Å². The highest BCUT2D eigenvalue weighted by Gasteiger charge is 2.52. The van der Waals surface area contributed by atoms with Crippen LogP contribution in [-0.2, 0) is 5.41 Å². The van der Waals surface area contributed by atoms with Gasteiger partial charge in [-0.2, -0.15) is 0 Å². The minimum atomic E-state index is -0.191. The monoisotopic (exact) mass is 552 g/mol. The number of rotatable bonds is 6. The molecule has 0 radical (unpaired) electrons. The quantitative estimate of drug-likeness (QED) is 0.193. The molecule has 2 aliphatic rings. The summed E-state index contributed by atoms with van der Waals surface area (Å²) in [5, 5.41) is 0. The summed E-state index contributed by atoms with van der Waals surface area (Å²) in [5.74, 6) is 0.736. The van der Waals surface area contributed by atoms with Gasteiger partial charge in [0.25, 0.3) is 0 Å². The molecule has 208 valence electrons. The lowest BCUT2D eigenvalue weighted by Crippen LogP contribution is -2.41. The first-order valence-electron chi connectivity index (χ1n) is 15.8. The maximum Gasteiger partial charge on any atom is 0.0340 e. The Morgan fingerprint density at radius 1 is 0.395 bits per heavy atom. The Morgan fingerprint density at radius 3 is 1.21 bits per heavy atom. The van der Waals surface area contributed by atoms with Gasteiger partial charge in [-0.25, -0.2) is 0 Å². The highest BCUT2D eigenvalue weighted by atomic mass is 14.5. The first kappa shape index (κ1) is 26.0. The van der Waals surface area contributed by atoms with E-state index in [4.69, 9.17) is 0 Å². The lowest BCUT2D eigenvalue weighted by atomic mass is 9.56. The third kappa shape index (κ3) is 4.28. The lowest BCUT2D eigenvalue weighted by Gasteiger charge is -2.46. The second kappa shape index (κ2) is 10.9. The van der Waals surface area contributed by atoms with Crippen LogP contribution in [0, 0.1) is 5.92 Å². The molecule has 0 atom stereocenters. The smallest absolute Gasteiger partial charge is 0.0340 e. The van der Waals surface area contributed by atoms with Crippen LogP contribution in [0.15, 0.2) is 158 Å². The van der Waals surface area contributed by atoms with E-state index in [9.17, 15) is 0 Å². The molecule has 0 unspecified atom stereocenters. The molecule has 0 aliphatic heterocycles. The van der Waals surface area contributed by atoms with Crippen LogP contribution >= 0.6 is 0 Å². The summed E-state index contributed by atoms with van der Waals surface area (Å²) < 4.78 is 0. The minimum Gasteiger partial charge on any atom is -0.0622 e. The van der Waals surface area contributed by atoms with E-state index in [1.165, 1.54) is 81.3 Å². The van der Waals surface area contributed by atoms with Gasteiger partial charge in [0.05, 0.1) is 0 Å². The third-order valence-corrected chi connectivity index (χ3v) is 10.2. The highest BCUT2D eigenvalue weighted by molar-refractivity contribution is 5.86. The van der Waals surface area contributed by atoms with Crippen molar-refractivity contribution in [2.75, 3.05) is 0 Å². The van der Waals surface area contributed by atoms with Crippen LogP contribution in [0.1, 0.15) is 53.9 Å². The van der Waals surface area contributed by atoms with Gasteiger partial charge in [-0.05, 0) is 86.5 Å². The Labute approximate surface area is 255 Å². The molecule has 0 bridgehead atoms. The Kier molecular flexibility index (Phi) is 6.56. The van der Waals surface area contributed by atoms with Crippen molar-refractivity contribution < 1.29 is 0 Å². The van der Waals surface area contributed by atoms with Crippen LogP contribution < -0.4 is 0 Å². The molecule has 6 aromatic rings. The van der Waals surface area contributed by atoms with E-state index in [1.807, 2.05) is 0 Å². The molecule has 1 saturated carbocycles. The molecule has 1 fully saturated rings. The zero-order valence-electron chi connectivity index (χ0n) is 24.5. The molecule has 0 nitrogen and oxygen atoms in total. The van der Waals surface area contributed by atoms with Gasteiger partial charge in [-0.3, -0.25) is 0 Å². The zero-order chi connectivity index (χ0) is 28.6. The van der Waals surface area contributed by atoms with Crippen LogP contribution in [0.2, 0.25) is 0 Å². The van der Waals surface area contributed by atoms with Gasteiger partial charge in [0.15, 0.2) is 0 Å². The second-order valence-corrected chi connectivity index (χ2v) is 12.4. The first-order valence-corrected chi connectivity index (χ1v) is 15.8. The zero-order valence-corrected chi connectivity index (χ0v) is 24.5. The van der Waals surface area contributed by atoms with Gasteiger partial charge in [0.2, 0.25) is 0 Å². The summed E-state index contributed by atoms with van der Waals surface area (Å²) >= 11 is 0. The molecule has 43 heavy (non-hydrogen) atoms. The SMILES string of the molecule is c1ccc(-c2ccc3c(c2)C(C(c2ccccc2)(c2ccccc2)C2CCCC2)c2cc(-c4ccccc4)ccc2-3)cc1. The van der Waals surface area contributed by atoms with Gasteiger partial charge < -0.3 is 0 Å². The summed E-state index contributed by atoms with van der Waals surface area (Å²) in [6.45, 7) is 0.